The Bertz CT molecular complexity index is 682. The van der Waals surface area contributed by atoms with E-state index in [0.717, 1.165) is 16.8 Å². The third-order valence-electron chi connectivity index (χ3n) is 2.91. The van der Waals surface area contributed by atoms with E-state index in [0.29, 0.717) is 0 Å². The molecule has 4 N–H and O–H groups in total. The van der Waals surface area contributed by atoms with E-state index in [-0.39, 0.29) is 11.5 Å². The minimum absolute atomic E-state index is 0.185. The van der Waals surface area contributed by atoms with Crippen LogP contribution in [0.5, 0.6) is 0 Å². The van der Waals surface area contributed by atoms with E-state index < -0.39 is 0 Å². The highest BCUT2D eigenvalue weighted by Crippen LogP contribution is 2.22. The second-order valence-electron chi connectivity index (χ2n) is 4.51. The largest absolute Gasteiger partial charge is 0.399 e. The Labute approximate surface area is 123 Å². The summed E-state index contributed by atoms with van der Waals surface area (Å²) < 4.78 is 13.1. The minimum Gasteiger partial charge on any atom is -0.399 e. The first-order chi connectivity index (χ1) is 10.2. The van der Waals surface area contributed by atoms with Gasteiger partial charge in [-0.1, -0.05) is 54.6 Å². The highest BCUT2D eigenvalue weighted by atomic mass is 19.1. The fraction of sp³-hybridized carbons (Fsp3) is 0. The molecule has 3 aromatic rings. The topological polar surface area (TPSA) is 52.0 Å². The molecule has 106 valence electrons. The van der Waals surface area contributed by atoms with Gasteiger partial charge in [0.25, 0.3) is 0 Å². The maximum atomic E-state index is 13.1. The van der Waals surface area contributed by atoms with E-state index in [2.05, 4.69) is 0 Å². The van der Waals surface area contributed by atoms with Crippen LogP contribution in [-0.2, 0) is 0 Å². The summed E-state index contributed by atoms with van der Waals surface area (Å²) in [6.07, 6.45) is 0. The Kier molecular flexibility index (Phi) is 4.94. The highest BCUT2D eigenvalue weighted by molar-refractivity contribution is 5.65. The zero-order valence-corrected chi connectivity index (χ0v) is 11.5. The molecular weight excluding hydrogens is 263 g/mol. The summed E-state index contributed by atoms with van der Waals surface area (Å²) >= 11 is 0. The van der Waals surface area contributed by atoms with E-state index in [1.54, 1.807) is 6.07 Å². The maximum absolute atomic E-state index is 13.1. The zero-order valence-electron chi connectivity index (χ0n) is 11.5. The molecule has 2 nitrogen and oxygen atoms in total. The number of para-hydroxylation sites is 1. The van der Waals surface area contributed by atoms with Gasteiger partial charge in [0.05, 0.1) is 5.69 Å². The van der Waals surface area contributed by atoms with Crippen LogP contribution in [0.2, 0.25) is 0 Å². The van der Waals surface area contributed by atoms with Crippen LogP contribution in [0.15, 0.2) is 78.9 Å². The molecule has 0 amide bonds. The van der Waals surface area contributed by atoms with Gasteiger partial charge in [0.2, 0.25) is 0 Å². The van der Waals surface area contributed by atoms with Crippen LogP contribution in [0.3, 0.4) is 0 Å². The SMILES string of the molecule is Nc1ccc(-c2ccccc2)cc1F.Nc1ccccc1. The lowest BCUT2D eigenvalue weighted by Crippen LogP contribution is -1.90. The predicted molar refractivity (Wildman–Crippen MR) is 87.1 cm³/mol. The van der Waals surface area contributed by atoms with Gasteiger partial charge in [-0.25, -0.2) is 4.39 Å². The van der Waals surface area contributed by atoms with E-state index >= 15 is 0 Å². The van der Waals surface area contributed by atoms with Crippen LogP contribution in [0.4, 0.5) is 15.8 Å². The molecule has 0 unspecified atom stereocenters. The van der Waals surface area contributed by atoms with Crippen molar-refractivity contribution in [2.45, 2.75) is 0 Å². The third kappa shape index (κ3) is 4.35. The average Bonchev–Trinajstić information content (AvgIpc) is 2.52. The van der Waals surface area contributed by atoms with Gasteiger partial charge in [-0.2, -0.15) is 0 Å². The summed E-state index contributed by atoms with van der Waals surface area (Å²) in [5, 5.41) is 0. The molecule has 0 heterocycles. The van der Waals surface area contributed by atoms with Crippen molar-refractivity contribution in [1.82, 2.24) is 0 Å². The van der Waals surface area contributed by atoms with E-state index in [9.17, 15) is 4.39 Å². The third-order valence-corrected chi connectivity index (χ3v) is 2.91. The van der Waals surface area contributed by atoms with E-state index in [4.69, 9.17) is 11.5 Å². The normalized spacial score (nSPS) is 9.57. The number of nitrogen functional groups attached to an aromatic ring is 2. The second kappa shape index (κ2) is 7.10. The Hall–Kier alpha value is -2.81. The lowest BCUT2D eigenvalue weighted by atomic mass is 10.1. The molecule has 0 atom stereocenters. The molecule has 0 aliphatic rings. The van der Waals surface area contributed by atoms with E-state index in [1.807, 2.05) is 66.7 Å². The van der Waals surface area contributed by atoms with Crippen molar-refractivity contribution in [3.8, 4) is 11.1 Å². The molecule has 0 fully saturated rings. The molecule has 0 aliphatic heterocycles. The number of hydrogen-bond acceptors (Lipinski definition) is 2. The van der Waals surface area contributed by atoms with Gasteiger partial charge in [-0.05, 0) is 35.4 Å². The molecule has 0 radical (unpaired) electrons. The average molecular weight is 280 g/mol. The van der Waals surface area contributed by atoms with Crippen LogP contribution < -0.4 is 11.5 Å². The lowest BCUT2D eigenvalue weighted by Gasteiger charge is -2.02. The molecule has 3 aromatic carbocycles. The molecule has 0 spiro atoms. The van der Waals surface area contributed by atoms with Crippen molar-refractivity contribution < 1.29 is 4.39 Å². The summed E-state index contributed by atoms with van der Waals surface area (Å²) in [5.41, 5.74) is 13.6. The highest BCUT2D eigenvalue weighted by Gasteiger charge is 2.01. The molecule has 3 rings (SSSR count). The molecule has 0 saturated heterocycles. The Balaban J connectivity index is 0.000000194. The van der Waals surface area contributed by atoms with Gasteiger partial charge in [0.1, 0.15) is 5.82 Å². The number of nitrogens with two attached hydrogens (primary N) is 2. The van der Waals surface area contributed by atoms with Crippen LogP contribution in [-0.4, -0.2) is 0 Å². The van der Waals surface area contributed by atoms with Crippen LogP contribution >= 0.6 is 0 Å². The van der Waals surface area contributed by atoms with Crippen LogP contribution in [0.25, 0.3) is 11.1 Å². The maximum Gasteiger partial charge on any atom is 0.146 e. The number of anilines is 2. The first-order valence-electron chi connectivity index (χ1n) is 6.58. The van der Waals surface area contributed by atoms with Gasteiger partial charge >= 0.3 is 0 Å². The standard InChI is InChI=1S/C12H10FN.C6H7N/c13-11-8-10(6-7-12(11)14)9-4-2-1-3-5-9;7-6-4-2-1-3-5-6/h1-8H,14H2;1-5H,7H2. The summed E-state index contributed by atoms with van der Waals surface area (Å²) in [5.74, 6) is -0.369. The van der Waals surface area contributed by atoms with Crippen LogP contribution in [0, 0.1) is 5.82 Å². The van der Waals surface area contributed by atoms with Crippen molar-refractivity contribution in [3.05, 3.63) is 84.7 Å². The Morgan fingerprint density at radius 2 is 1.19 bits per heavy atom. The summed E-state index contributed by atoms with van der Waals surface area (Å²) in [7, 11) is 0. The van der Waals surface area contributed by atoms with Crippen LogP contribution in [0.1, 0.15) is 0 Å². The van der Waals surface area contributed by atoms with Crippen molar-refractivity contribution in [2.24, 2.45) is 0 Å². The number of rotatable bonds is 1. The first kappa shape index (κ1) is 14.6. The summed E-state index contributed by atoms with van der Waals surface area (Å²) in [6, 6.07) is 24.0. The van der Waals surface area contributed by atoms with Crippen molar-refractivity contribution >= 4 is 11.4 Å². The molecule has 0 saturated carbocycles. The molecule has 0 aliphatic carbocycles. The monoisotopic (exact) mass is 280 g/mol. The fourth-order valence-electron chi connectivity index (χ4n) is 1.79. The van der Waals surface area contributed by atoms with Gasteiger partial charge in [-0.15, -0.1) is 0 Å². The van der Waals surface area contributed by atoms with Crippen molar-refractivity contribution in [2.75, 3.05) is 11.5 Å². The summed E-state index contributed by atoms with van der Waals surface area (Å²) in [4.78, 5) is 0. The Morgan fingerprint density at radius 3 is 1.67 bits per heavy atom. The number of hydrogen-bond donors (Lipinski definition) is 2. The molecular formula is C18H17FN2. The lowest BCUT2D eigenvalue weighted by molar-refractivity contribution is 0.633. The number of halogens is 1. The van der Waals surface area contributed by atoms with Gasteiger partial charge in [0.15, 0.2) is 0 Å². The summed E-state index contributed by atoms with van der Waals surface area (Å²) in [6.45, 7) is 0. The Morgan fingerprint density at radius 1 is 0.619 bits per heavy atom. The van der Waals surface area contributed by atoms with Gasteiger partial charge in [0, 0.05) is 5.69 Å². The molecule has 0 bridgehead atoms. The van der Waals surface area contributed by atoms with Crippen molar-refractivity contribution in [1.29, 1.82) is 0 Å². The smallest absolute Gasteiger partial charge is 0.146 e. The molecule has 21 heavy (non-hydrogen) atoms. The van der Waals surface area contributed by atoms with Gasteiger partial charge < -0.3 is 11.5 Å². The minimum atomic E-state index is -0.369. The second-order valence-corrected chi connectivity index (χ2v) is 4.51. The van der Waals surface area contributed by atoms with Crippen molar-refractivity contribution in [3.63, 3.8) is 0 Å². The first-order valence-corrected chi connectivity index (χ1v) is 6.58. The fourth-order valence-corrected chi connectivity index (χ4v) is 1.79. The van der Waals surface area contributed by atoms with Gasteiger partial charge in [-0.3, -0.25) is 0 Å². The molecule has 0 aromatic heterocycles. The number of benzene rings is 3. The quantitative estimate of drug-likeness (QED) is 0.651. The predicted octanol–water partition coefficient (Wildman–Crippen LogP) is 4.34. The van der Waals surface area contributed by atoms with E-state index in [1.165, 1.54) is 6.07 Å². The zero-order chi connectivity index (χ0) is 15.1. The molecule has 3 heteroatoms.